The Balaban J connectivity index is 1.99. The Bertz CT molecular complexity index is 1120. The van der Waals surface area contributed by atoms with E-state index in [9.17, 15) is 24.3 Å². The molecule has 3 rings (SSSR count). The summed E-state index contributed by atoms with van der Waals surface area (Å²) in [6.07, 6.45) is 4.31. The van der Waals surface area contributed by atoms with Crippen LogP contribution in [0, 0.1) is 17.3 Å². The third-order valence-corrected chi connectivity index (χ3v) is 9.90. The first-order valence-electron chi connectivity index (χ1n) is 15.7. The first kappa shape index (κ1) is 36.2. The fourth-order valence-corrected chi connectivity index (χ4v) is 8.57. The molecule has 2 N–H and O–H groups in total. The Kier molecular flexibility index (Phi) is 11.6. The molecule has 44 heavy (non-hydrogen) atoms. The maximum atomic E-state index is 14.8. The number of fused-ring (bicyclic) bond motifs is 1. The number of amides is 3. The van der Waals surface area contributed by atoms with Crippen molar-refractivity contribution in [1.29, 1.82) is 0 Å². The normalized spacial score (nSPS) is 29.2. The largest absolute Gasteiger partial charge is 0.460 e. The Labute approximate surface area is 271 Å². The van der Waals surface area contributed by atoms with Crippen LogP contribution in [0.3, 0.4) is 0 Å². The van der Waals surface area contributed by atoms with E-state index in [-0.39, 0.29) is 54.1 Å². The van der Waals surface area contributed by atoms with E-state index in [2.05, 4.69) is 55.2 Å². The fraction of sp³-hybridized carbons (Fsp3) is 0.758. The number of esters is 1. The summed E-state index contributed by atoms with van der Waals surface area (Å²) in [6.45, 7) is 21.5. The van der Waals surface area contributed by atoms with Gasteiger partial charge < -0.3 is 29.7 Å². The van der Waals surface area contributed by atoms with Crippen LogP contribution in [0.1, 0.15) is 80.6 Å². The number of allylic oxidation sites excluding steroid dienone is 1. The molecule has 8 atom stereocenters. The van der Waals surface area contributed by atoms with Gasteiger partial charge in [-0.05, 0) is 51.9 Å². The number of hydrogen-bond acceptors (Lipinski definition) is 7. The molecule has 1 spiro atoms. The van der Waals surface area contributed by atoms with E-state index >= 15 is 0 Å². The van der Waals surface area contributed by atoms with Crippen LogP contribution in [0.25, 0.3) is 0 Å². The van der Waals surface area contributed by atoms with Gasteiger partial charge >= 0.3 is 5.97 Å². The van der Waals surface area contributed by atoms with Gasteiger partial charge in [-0.2, -0.15) is 0 Å². The summed E-state index contributed by atoms with van der Waals surface area (Å²) in [6, 6.07) is -1.67. The van der Waals surface area contributed by atoms with Crippen molar-refractivity contribution >= 4 is 39.6 Å². The smallest absolute Gasteiger partial charge is 0.312 e. The van der Waals surface area contributed by atoms with Crippen molar-refractivity contribution in [2.75, 3.05) is 19.7 Å². The average Bonchev–Trinajstić information content (AvgIpc) is 3.52. The standard InChI is InChI=1S/C33H52BrN3O7/c1-10-13-14-23(39)35-17-20(4)43-30(42)24-25-28(40)37(21(12-3)18-38)27(33(25)16-22(34)26(24)44-33)29(41)36(15-11-2)32(8,9)19-31(5,6)7/h10-11,20-22,24-27,38H,1-2,12-19H2,3-9H3,(H,35,39)/t20-,21+,22?,24+,25-,26+,27+,33-/m1/s1. The minimum Gasteiger partial charge on any atom is -0.460 e. The fourth-order valence-electron chi connectivity index (χ4n) is 7.63. The highest BCUT2D eigenvalue weighted by Crippen LogP contribution is 2.61. The Morgan fingerprint density at radius 3 is 2.45 bits per heavy atom. The summed E-state index contributed by atoms with van der Waals surface area (Å²) in [4.78, 5) is 58.0. The quantitative estimate of drug-likeness (QED) is 0.153. The number of nitrogens with zero attached hydrogens (tertiary/aromatic N) is 2. The monoisotopic (exact) mass is 681 g/mol. The van der Waals surface area contributed by atoms with Gasteiger partial charge in [-0.3, -0.25) is 19.2 Å². The molecule has 248 valence electrons. The number of carbonyl (C=O) groups excluding carboxylic acids is 4. The number of aliphatic hydroxyl groups is 1. The van der Waals surface area contributed by atoms with Crippen LogP contribution in [-0.2, 0) is 28.7 Å². The Morgan fingerprint density at radius 2 is 1.91 bits per heavy atom. The maximum Gasteiger partial charge on any atom is 0.312 e. The van der Waals surface area contributed by atoms with Crippen LogP contribution in [0.15, 0.2) is 25.3 Å². The minimum atomic E-state index is -1.28. The third kappa shape index (κ3) is 7.09. The molecule has 0 aromatic heterocycles. The van der Waals surface area contributed by atoms with Crippen molar-refractivity contribution in [3.63, 3.8) is 0 Å². The summed E-state index contributed by atoms with van der Waals surface area (Å²) in [5.41, 5.74) is -1.97. The zero-order chi connectivity index (χ0) is 33.2. The molecule has 1 unspecified atom stereocenters. The van der Waals surface area contributed by atoms with Crippen LogP contribution in [0.5, 0.6) is 0 Å². The van der Waals surface area contributed by atoms with E-state index in [1.807, 2.05) is 20.8 Å². The molecule has 3 fully saturated rings. The summed E-state index contributed by atoms with van der Waals surface area (Å²) in [5.74, 6) is -3.35. The van der Waals surface area contributed by atoms with Crippen LogP contribution in [0.4, 0.5) is 0 Å². The predicted octanol–water partition coefficient (Wildman–Crippen LogP) is 3.75. The van der Waals surface area contributed by atoms with Gasteiger partial charge in [0.2, 0.25) is 17.7 Å². The maximum absolute atomic E-state index is 14.8. The molecule has 0 aromatic rings. The van der Waals surface area contributed by atoms with Crippen molar-refractivity contribution in [3.8, 4) is 0 Å². The number of likely N-dealkylation sites (tertiary alicyclic amines) is 1. The topological polar surface area (TPSA) is 125 Å². The van der Waals surface area contributed by atoms with Crippen molar-refractivity contribution in [2.24, 2.45) is 17.3 Å². The molecule has 11 heteroatoms. The molecule has 0 aliphatic carbocycles. The summed E-state index contributed by atoms with van der Waals surface area (Å²) in [7, 11) is 0. The lowest BCUT2D eigenvalue weighted by atomic mass is 9.70. The molecule has 0 aromatic carbocycles. The van der Waals surface area contributed by atoms with Crippen LogP contribution in [-0.4, -0.2) is 98.6 Å². The number of halogens is 1. The lowest BCUT2D eigenvalue weighted by Gasteiger charge is -2.46. The lowest BCUT2D eigenvalue weighted by molar-refractivity contribution is -0.160. The summed E-state index contributed by atoms with van der Waals surface area (Å²) in [5, 5.41) is 13.1. The number of nitrogens with one attached hydrogen (secondary N) is 1. The molecule has 3 heterocycles. The average molecular weight is 683 g/mol. The molecular formula is C33H52BrN3O7. The molecule has 0 radical (unpaired) electrons. The predicted molar refractivity (Wildman–Crippen MR) is 172 cm³/mol. The van der Waals surface area contributed by atoms with Gasteiger partial charge in [0.1, 0.15) is 17.7 Å². The van der Waals surface area contributed by atoms with Crippen molar-refractivity contribution in [1.82, 2.24) is 15.1 Å². The number of hydrogen-bond donors (Lipinski definition) is 2. The van der Waals surface area contributed by atoms with Crippen molar-refractivity contribution in [3.05, 3.63) is 25.3 Å². The second-order valence-electron chi connectivity index (χ2n) is 14.3. The number of aliphatic hydroxyl groups excluding tert-OH is 1. The van der Waals surface area contributed by atoms with E-state index in [1.54, 1.807) is 24.0 Å². The zero-order valence-electron chi connectivity index (χ0n) is 27.4. The second kappa shape index (κ2) is 14.0. The molecular weight excluding hydrogens is 630 g/mol. The van der Waals surface area contributed by atoms with Crippen LogP contribution < -0.4 is 5.32 Å². The van der Waals surface area contributed by atoms with Crippen molar-refractivity contribution in [2.45, 2.75) is 121 Å². The van der Waals surface area contributed by atoms with E-state index in [1.165, 1.54) is 4.90 Å². The Hall–Kier alpha value is -2.24. The van der Waals surface area contributed by atoms with Gasteiger partial charge in [0.15, 0.2) is 0 Å². The van der Waals surface area contributed by atoms with Gasteiger partial charge in [-0.15, -0.1) is 13.2 Å². The molecule has 3 amide bonds. The highest BCUT2D eigenvalue weighted by molar-refractivity contribution is 9.09. The lowest BCUT2D eigenvalue weighted by Crippen LogP contribution is -2.62. The van der Waals surface area contributed by atoms with E-state index in [4.69, 9.17) is 9.47 Å². The molecule has 0 saturated carbocycles. The number of ether oxygens (including phenoxy) is 2. The highest BCUT2D eigenvalue weighted by Gasteiger charge is 2.77. The van der Waals surface area contributed by atoms with Gasteiger partial charge in [-0.1, -0.05) is 55.8 Å². The van der Waals surface area contributed by atoms with Gasteiger partial charge in [0, 0.05) is 23.3 Å². The zero-order valence-corrected chi connectivity index (χ0v) is 29.0. The van der Waals surface area contributed by atoms with Gasteiger partial charge in [-0.25, -0.2) is 0 Å². The van der Waals surface area contributed by atoms with Crippen LogP contribution >= 0.6 is 15.9 Å². The summed E-state index contributed by atoms with van der Waals surface area (Å²) >= 11 is 3.69. The molecule has 3 aliphatic heterocycles. The van der Waals surface area contributed by atoms with E-state index in [0.717, 1.165) is 0 Å². The number of alkyl halides is 1. The molecule has 10 nitrogen and oxygen atoms in total. The highest BCUT2D eigenvalue weighted by atomic mass is 79.9. The summed E-state index contributed by atoms with van der Waals surface area (Å²) < 4.78 is 12.4. The first-order valence-corrected chi connectivity index (χ1v) is 16.7. The Morgan fingerprint density at radius 1 is 1.25 bits per heavy atom. The number of carbonyl (C=O) groups is 4. The molecule has 3 aliphatic rings. The molecule has 2 bridgehead atoms. The van der Waals surface area contributed by atoms with Gasteiger partial charge in [0.05, 0.1) is 37.1 Å². The molecule has 3 saturated heterocycles. The first-order chi connectivity index (χ1) is 20.5. The van der Waals surface area contributed by atoms with E-state index < -0.39 is 53.2 Å². The van der Waals surface area contributed by atoms with Crippen LogP contribution in [0.2, 0.25) is 0 Å². The van der Waals surface area contributed by atoms with Crippen molar-refractivity contribution < 1.29 is 33.8 Å². The minimum absolute atomic E-state index is 0.0911. The second-order valence-corrected chi connectivity index (χ2v) is 15.5. The number of rotatable bonds is 15. The SMILES string of the molecule is C=CCCC(=O)NC[C@@H](C)OC(=O)[C@@H]1[C@H]2O[C@@]3(CC2Br)[C@H](C(=O)N(CC=C)C(C)(C)CC(C)(C)C)N([C@@H](CC)CO)C(=O)[C@@H]13. The van der Waals surface area contributed by atoms with E-state index in [0.29, 0.717) is 25.7 Å². The van der Waals surface area contributed by atoms with Gasteiger partial charge in [0.25, 0.3) is 0 Å². The third-order valence-electron chi connectivity index (χ3n) is 9.06.